The molecule has 1 aliphatic rings. The minimum atomic E-state index is -0.845. The standard InChI is InChI=1S/C15H19BrO5/c1-7(17)10-8(19-4)6-9(20-5)11-12(16)14(18)15(2,3)21-13(10)11/h6,12,14,18H,1-5H3. The van der Waals surface area contributed by atoms with Crippen LogP contribution in [0, 0.1) is 0 Å². The summed E-state index contributed by atoms with van der Waals surface area (Å²) in [6.07, 6.45) is -0.785. The maximum atomic E-state index is 12.0. The summed E-state index contributed by atoms with van der Waals surface area (Å²) in [4.78, 5) is 11.6. The second-order valence-corrected chi connectivity index (χ2v) is 6.49. The molecule has 2 unspecified atom stereocenters. The first-order chi connectivity index (χ1) is 9.74. The highest BCUT2D eigenvalue weighted by Gasteiger charge is 2.45. The largest absolute Gasteiger partial charge is 0.496 e. The van der Waals surface area contributed by atoms with Crippen molar-refractivity contribution in [1.82, 2.24) is 0 Å². The van der Waals surface area contributed by atoms with Crippen molar-refractivity contribution in [2.45, 2.75) is 37.3 Å². The Morgan fingerprint density at radius 1 is 1.33 bits per heavy atom. The molecule has 2 atom stereocenters. The number of methoxy groups -OCH3 is 2. The van der Waals surface area contributed by atoms with E-state index in [9.17, 15) is 9.90 Å². The molecule has 21 heavy (non-hydrogen) atoms. The average molecular weight is 359 g/mol. The highest BCUT2D eigenvalue weighted by molar-refractivity contribution is 9.09. The van der Waals surface area contributed by atoms with Gasteiger partial charge in [0.05, 0.1) is 24.6 Å². The number of ketones is 1. The molecular formula is C15H19BrO5. The minimum absolute atomic E-state index is 0.169. The molecule has 0 saturated carbocycles. The highest BCUT2D eigenvalue weighted by atomic mass is 79.9. The quantitative estimate of drug-likeness (QED) is 0.664. The van der Waals surface area contributed by atoms with Crippen LogP contribution in [0.2, 0.25) is 0 Å². The van der Waals surface area contributed by atoms with E-state index in [1.54, 1.807) is 19.9 Å². The van der Waals surface area contributed by atoms with Crippen molar-refractivity contribution in [1.29, 1.82) is 0 Å². The summed E-state index contributed by atoms with van der Waals surface area (Å²) in [5.41, 5.74) is 0.135. The number of aliphatic hydroxyl groups excluding tert-OH is 1. The lowest BCUT2D eigenvalue weighted by atomic mass is 9.88. The Bertz CT molecular complexity index is 582. The zero-order valence-corrected chi connectivity index (χ0v) is 14.3. The van der Waals surface area contributed by atoms with Crippen LogP contribution in [0.25, 0.3) is 0 Å². The molecule has 5 nitrogen and oxygen atoms in total. The van der Waals surface area contributed by atoms with Crippen molar-refractivity contribution in [3.05, 3.63) is 17.2 Å². The summed E-state index contributed by atoms with van der Waals surface area (Å²) in [5.74, 6) is 1.13. The van der Waals surface area contributed by atoms with Gasteiger partial charge in [-0.2, -0.15) is 0 Å². The first kappa shape index (κ1) is 16.1. The zero-order valence-electron chi connectivity index (χ0n) is 12.7. The monoisotopic (exact) mass is 358 g/mol. The molecule has 0 spiro atoms. The van der Waals surface area contributed by atoms with E-state index in [1.807, 2.05) is 0 Å². The number of fused-ring (bicyclic) bond motifs is 1. The third kappa shape index (κ3) is 2.51. The molecule has 1 N–H and O–H groups in total. The fraction of sp³-hybridized carbons (Fsp3) is 0.533. The number of rotatable bonds is 3. The van der Waals surface area contributed by atoms with Crippen molar-refractivity contribution in [3.63, 3.8) is 0 Å². The molecule has 1 heterocycles. The molecule has 0 amide bonds. The van der Waals surface area contributed by atoms with Gasteiger partial charge in [-0.05, 0) is 20.8 Å². The second-order valence-electron chi connectivity index (χ2n) is 5.51. The van der Waals surface area contributed by atoms with Crippen molar-refractivity contribution in [3.8, 4) is 17.2 Å². The van der Waals surface area contributed by atoms with Gasteiger partial charge >= 0.3 is 0 Å². The van der Waals surface area contributed by atoms with Crippen molar-refractivity contribution in [2.24, 2.45) is 0 Å². The zero-order chi connectivity index (χ0) is 15.9. The van der Waals surface area contributed by atoms with Gasteiger partial charge in [-0.3, -0.25) is 4.79 Å². The fourth-order valence-corrected chi connectivity index (χ4v) is 3.56. The van der Waals surface area contributed by atoms with Gasteiger partial charge in [0.2, 0.25) is 0 Å². The lowest BCUT2D eigenvalue weighted by Crippen LogP contribution is -2.47. The molecule has 0 fully saturated rings. The van der Waals surface area contributed by atoms with E-state index < -0.39 is 16.5 Å². The molecule has 1 aromatic rings. The number of carbonyl (C=O) groups is 1. The van der Waals surface area contributed by atoms with E-state index in [4.69, 9.17) is 14.2 Å². The van der Waals surface area contributed by atoms with Gasteiger partial charge in [0.25, 0.3) is 0 Å². The van der Waals surface area contributed by atoms with Crippen LogP contribution in [0.1, 0.15) is 41.5 Å². The van der Waals surface area contributed by atoms with E-state index in [0.29, 0.717) is 28.4 Å². The molecule has 6 heteroatoms. The van der Waals surface area contributed by atoms with Crippen molar-refractivity contribution < 1.29 is 24.1 Å². The average Bonchev–Trinajstić information content (AvgIpc) is 2.42. The number of hydrogen-bond donors (Lipinski definition) is 1. The molecular weight excluding hydrogens is 340 g/mol. The summed E-state index contributed by atoms with van der Waals surface area (Å²) < 4.78 is 16.6. The van der Waals surface area contributed by atoms with Crippen LogP contribution in [0.15, 0.2) is 6.07 Å². The SMILES string of the molecule is COc1cc(OC)c2c(c1C(C)=O)OC(C)(C)C(O)C2Br. The third-order valence-corrected chi connectivity index (χ3v) is 4.63. The summed E-state index contributed by atoms with van der Waals surface area (Å²) in [5, 5.41) is 10.4. The minimum Gasteiger partial charge on any atom is -0.496 e. The van der Waals surface area contributed by atoms with E-state index >= 15 is 0 Å². The highest BCUT2D eigenvalue weighted by Crippen LogP contribution is 2.52. The number of alkyl halides is 1. The van der Waals surface area contributed by atoms with Crippen LogP contribution in [0.4, 0.5) is 0 Å². The Morgan fingerprint density at radius 2 is 1.90 bits per heavy atom. The third-order valence-electron chi connectivity index (χ3n) is 3.67. The van der Waals surface area contributed by atoms with Crippen LogP contribution >= 0.6 is 15.9 Å². The van der Waals surface area contributed by atoms with E-state index in [2.05, 4.69) is 15.9 Å². The Hall–Kier alpha value is -1.27. The van der Waals surface area contributed by atoms with E-state index in [-0.39, 0.29) is 5.78 Å². The Kier molecular flexibility index (Phi) is 4.22. The molecule has 0 aliphatic carbocycles. The first-order valence-electron chi connectivity index (χ1n) is 6.55. The van der Waals surface area contributed by atoms with Gasteiger partial charge in [0.1, 0.15) is 34.5 Å². The Balaban J connectivity index is 2.81. The smallest absolute Gasteiger partial charge is 0.167 e. The number of aliphatic hydroxyl groups is 1. The van der Waals surface area contributed by atoms with Crippen molar-refractivity contribution in [2.75, 3.05) is 14.2 Å². The molecule has 2 rings (SSSR count). The summed E-state index contributed by atoms with van der Waals surface area (Å²) in [7, 11) is 3.01. The second kappa shape index (κ2) is 5.50. The molecule has 0 aromatic heterocycles. The van der Waals surface area contributed by atoms with Crippen LogP contribution in [0.5, 0.6) is 17.2 Å². The summed E-state index contributed by atoms with van der Waals surface area (Å²) in [6, 6.07) is 1.64. The van der Waals surface area contributed by atoms with E-state index in [0.717, 1.165) is 0 Å². The number of ether oxygens (including phenoxy) is 3. The van der Waals surface area contributed by atoms with Gasteiger partial charge in [0, 0.05) is 6.07 Å². The maximum Gasteiger partial charge on any atom is 0.167 e. The fourth-order valence-electron chi connectivity index (χ4n) is 2.49. The maximum absolute atomic E-state index is 12.0. The lowest BCUT2D eigenvalue weighted by molar-refractivity contribution is -0.0428. The summed E-state index contributed by atoms with van der Waals surface area (Å²) >= 11 is 3.49. The van der Waals surface area contributed by atoms with Crippen LogP contribution < -0.4 is 14.2 Å². The number of Topliss-reactive ketones (excluding diaryl/α,β-unsaturated/α-hetero) is 1. The van der Waals surface area contributed by atoms with Crippen LogP contribution in [0.3, 0.4) is 0 Å². The molecule has 1 aromatic carbocycles. The number of halogens is 1. The lowest BCUT2D eigenvalue weighted by Gasteiger charge is -2.41. The van der Waals surface area contributed by atoms with Gasteiger partial charge in [-0.1, -0.05) is 15.9 Å². The molecule has 0 bridgehead atoms. The number of carbonyl (C=O) groups excluding carboxylic acids is 1. The van der Waals surface area contributed by atoms with Crippen LogP contribution in [-0.2, 0) is 0 Å². The molecule has 0 saturated heterocycles. The summed E-state index contributed by atoms with van der Waals surface area (Å²) in [6.45, 7) is 4.99. The Labute approximate surface area is 132 Å². The number of hydrogen-bond acceptors (Lipinski definition) is 5. The normalized spacial score (nSPS) is 23.0. The van der Waals surface area contributed by atoms with Gasteiger partial charge in [-0.15, -0.1) is 0 Å². The molecule has 0 radical (unpaired) electrons. The number of benzene rings is 1. The first-order valence-corrected chi connectivity index (χ1v) is 7.47. The topological polar surface area (TPSA) is 65.0 Å². The van der Waals surface area contributed by atoms with Gasteiger partial charge in [0.15, 0.2) is 5.78 Å². The van der Waals surface area contributed by atoms with Crippen LogP contribution in [-0.4, -0.2) is 36.8 Å². The Morgan fingerprint density at radius 3 is 2.38 bits per heavy atom. The van der Waals surface area contributed by atoms with Crippen molar-refractivity contribution >= 4 is 21.7 Å². The predicted molar refractivity (Wildman–Crippen MR) is 81.9 cm³/mol. The van der Waals surface area contributed by atoms with E-state index in [1.165, 1.54) is 21.1 Å². The molecule has 116 valence electrons. The molecule has 1 aliphatic heterocycles. The predicted octanol–water partition coefficient (Wildman–Crippen LogP) is 2.87. The van der Waals surface area contributed by atoms with Gasteiger partial charge < -0.3 is 19.3 Å². The van der Waals surface area contributed by atoms with Gasteiger partial charge in [-0.25, -0.2) is 0 Å².